The second-order valence-electron chi connectivity index (χ2n) is 4.64. The average molecular weight is 281 g/mol. The van der Waals surface area contributed by atoms with E-state index in [1.807, 2.05) is 0 Å². The lowest BCUT2D eigenvalue weighted by molar-refractivity contribution is 0.583. The molecule has 0 unspecified atom stereocenters. The smallest absolute Gasteiger partial charge is 0.185 e. The van der Waals surface area contributed by atoms with Gasteiger partial charge in [-0.2, -0.15) is 11.3 Å². The first-order valence-electron chi connectivity index (χ1n) is 6.05. The monoisotopic (exact) mass is 281 g/mol. The molecular weight excluding hydrogens is 262 g/mol. The molecule has 2 rings (SSSR count). The van der Waals surface area contributed by atoms with E-state index in [0.717, 1.165) is 23.9 Å². The topological polar surface area (TPSA) is 28.2 Å². The van der Waals surface area contributed by atoms with Gasteiger partial charge in [0.2, 0.25) is 0 Å². The predicted molar refractivity (Wildman–Crippen MR) is 80.5 cm³/mol. The Morgan fingerprint density at radius 1 is 1.39 bits per heavy atom. The molecule has 98 valence electrons. The van der Waals surface area contributed by atoms with Crippen molar-refractivity contribution in [3.63, 3.8) is 0 Å². The minimum atomic E-state index is 0.499. The molecule has 0 aliphatic carbocycles. The summed E-state index contributed by atoms with van der Waals surface area (Å²) in [5, 5.41) is 10.9. The van der Waals surface area contributed by atoms with Crippen molar-refractivity contribution in [3.05, 3.63) is 33.5 Å². The molecule has 2 aromatic rings. The first-order valence-corrected chi connectivity index (χ1v) is 7.87. The van der Waals surface area contributed by atoms with E-state index in [9.17, 15) is 0 Å². The van der Waals surface area contributed by atoms with Gasteiger partial charge in [0.15, 0.2) is 5.13 Å². The molecule has 2 heterocycles. The molecule has 0 fully saturated rings. The normalized spacial score (nSPS) is 11.1. The quantitative estimate of drug-likeness (QED) is 0.880. The Morgan fingerprint density at radius 2 is 2.22 bits per heavy atom. The molecular formula is C13H19N3S2. The van der Waals surface area contributed by atoms with Gasteiger partial charge in [-0.1, -0.05) is 13.8 Å². The van der Waals surface area contributed by atoms with E-state index < -0.39 is 0 Å². The summed E-state index contributed by atoms with van der Waals surface area (Å²) >= 11 is 3.45. The van der Waals surface area contributed by atoms with Gasteiger partial charge >= 0.3 is 0 Å². The highest BCUT2D eigenvalue weighted by Gasteiger charge is 2.08. The van der Waals surface area contributed by atoms with Gasteiger partial charge in [0.05, 0.1) is 5.69 Å². The van der Waals surface area contributed by atoms with Crippen LogP contribution in [0, 0.1) is 0 Å². The Labute approximate surface area is 116 Å². The first-order chi connectivity index (χ1) is 8.65. The van der Waals surface area contributed by atoms with Gasteiger partial charge in [0.25, 0.3) is 0 Å². The fraction of sp³-hybridized carbons (Fsp3) is 0.462. The number of nitrogens with one attached hydrogen (secondary N) is 1. The van der Waals surface area contributed by atoms with E-state index in [0.29, 0.717) is 6.04 Å². The number of anilines is 1. The van der Waals surface area contributed by atoms with Crippen molar-refractivity contribution in [1.29, 1.82) is 0 Å². The minimum absolute atomic E-state index is 0.499. The summed E-state index contributed by atoms with van der Waals surface area (Å²) in [5.74, 6) is 0. The van der Waals surface area contributed by atoms with Crippen LogP contribution in [-0.4, -0.2) is 18.1 Å². The SMILES string of the molecule is CC(C)NCc1csc(N(C)Cc2ccsc2)n1. The van der Waals surface area contributed by atoms with Crippen LogP contribution in [0.4, 0.5) is 5.13 Å². The second kappa shape index (κ2) is 6.31. The van der Waals surface area contributed by atoms with Gasteiger partial charge in [-0.25, -0.2) is 4.98 Å². The van der Waals surface area contributed by atoms with Crippen molar-refractivity contribution in [1.82, 2.24) is 10.3 Å². The van der Waals surface area contributed by atoms with Gasteiger partial charge in [-0.15, -0.1) is 11.3 Å². The molecule has 0 bridgehead atoms. The highest BCUT2D eigenvalue weighted by Crippen LogP contribution is 2.21. The zero-order valence-electron chi connectivity index (χ0n) is 11.0. The van der Waals surface area contributed by atoms with Crippen molar-refractivity contribution >= 4 is 27.8 Å². The predicted octanol–water partition coefficient (Wildman–Crippen LogP) is 3.34. The van der Waals surface area contributed by atoms with E-state index in [2.05, 4.69) is 58.3 Å². The lowest BCUT2D eigenvalue weighted by Gasteiger charge is -2.14. The van der Waals surface area contributed by atoms with E-state index in [1.165, 1.54) is 5.56 Å². The van der Waals surface area contributed by atoms with Crippen molar-refractivity contribution in [3.8, 4) is 0 Å². The molecule has 0 saturated carbocycles. The van der Waals surface area contributed by atoms with Crippen LogP contribution in [0.25, 0.3) is 0 Å². The van der Waals surface area contributed by atoms with E-state index >= 15 is 0 Å². The third kappa shape index (κ3) is 3.80. The lowest BCUT2D eigenvalue weighted by Crippen LogP contribution is -2.22. The summed E-state index contributed by atoms with van der Waals surface area (Å²) in [6.45, 7) is 6.07. The minimum Gasteiger partial charge on any atom is -0.347 e. The van der Waals surface area contributed by atoms with Gasteiger partial charge in [0.1, 0.15) is 0 Å². The maximum atomic E-state index is 4.65. The summed E-state index contributed by atoms with van der Waals surface area (Å²) in [5.41, 5.74) is 2.47. The Kier molecular flexibility index (Phi) is 4.74. The summed E-state index contributed by atoms with van der Waals surface area (Å²) in [6.07, 6.45) is 0. The molecule has 0 amide bonds. The van der Waals surface area contributed by atoms with Crippen LogP contribution < -0.4 is 10.2 Å². The van der Waals surface area contributed by atoms with Crippen LogP contribution >= 0.6 is 22.7 Å². The van der Waals surface area contributed by atoms with Gasteiger partial charge in [0, 0.05) is 31.6 Å². The van der Waals surface area contributed by atoms with Crippen molar-refractivity contribution in [2.24, 2.45) is 0 Å². The summed E-state index contributed by atoms with van der Waals surface area (Å²) in [6, 6.07) is 2.66. The number of aromatic nitrogens is 1. The Balaban J connectivity index is 1.92. The molecule has 18 heavy (non-hydrogen) atoms. The standard InChI is InChI=1S/C13H19N3S2/c1-10(2)14-6-12-9-18-13(15-12)16(3)7-11-4-5-17-8-11/h4-5,8-10,14H,6-7H2,1-3H3. The second-order valence-corrected chi connectivity index (χ2v) is 6.26. The molecule has 0 radical (unpaired) electrons. The number of thiazole rings is 1. The summed E-state index contributed by atoms with van der Waals surface area (Å²) in [4.78, 5) is 6.85. The molecule has 3 nitrogen and oxygen atoms in total. The highest BCUT2D eigenvalue weighted by atomic mass is 32.1. The fourth-order valence-corrected chi connectivity index (χ4v) is 3.04. The molecule has 5 heteroatoms. The van der Waals surface area contributed by atoms with Crippen molar-refractivity contribution < 1.29 is 0 Å². The molecule has 0 aromatic carbocycles. The molecule has 0 aliphatic heterocycles. The fourth-order valence-electron chi connectivity index (χ4n) is 1.59. The zero-order chi connectivity index (χ0) is 13.0. The van der Waals surface area contributed by atoms with Gasteiger partial charge < -0.3 is 10.2 Å². The van der Waals surface area contributed by atoms with E-state index in [-0.39, 0.29) is 0 Å². The summed E-state index contributed by atoms with van der Waals surface area (Å²) in [7, 11) is 2.09. The van der Waals surface area contributed by atoms with Gasteiger partial charge in [-0.05, 0) is 22.4 Å². The largest absolute Gasteiger partial charge is 0.347 e. The molecule has 0 atom stereocenters. The highest BCUT2D eigenvalue weighted by molar-refractivity contribution is 7.13. The third-order valence-corrected chi connectivity index (χ3v) is 4.29. The van der Waals surface area contributed by atoms with Crippen LogP contribution in [0.5, 0.6) is 0 Å². The van der Waals surface area contributed by atoms with Crippen molar-refractivity contribution in [2.45, 2.75) is 33.0 Å². The maximum absolute atomic E-state index is 4.65. The van der Waals surface area contributed by atoms with Crippen LogP contribution in [0.1, 0.15) is 25.1 Å². The average Bonchev–Trinajstić information content (AvgIpc) is 2.96. The first kappa shape index (κ1) is 13.5. The molecule has 1 N–H and O–H groups in total. The number of hydrogen-bond donors (Lipinski definition) is 1. The van der Waals surface area contributed by atoms with Crippen LogP contribution in [0.15, 0.2) is 22.2 Å². The van der Waals surface area contributed by atoms with E-state index in [4.69, 9.17) is 0 Å². The van der Waals surface area contributed by atoms with Crippen LogP contribution in [0.2, 0.25) is 0 Å². The van der Waals surface area contributed by atoms with Crippen LogP contribution in [-0.2, 0) is 13.1 Å². The van der Waals surface area contributed by atoms with Crippen LogP contribution in [0.3, 0.4) is 0 Å². The number of thiophene rings is 1. The molecule has 0 aliphatic rings. The molecule has 2 aromatic heterocycles. The molecule has 0 saturated heterocycles. The zero-order valence-corrected chi connectivity index (χ0v) is 12.6. The maximum Gasteiger partial charge on any atom is 0.185 e. The number of nitrogens with zero attached hydrogens (tertiary/aromatic N) is 2. The van der Waals surface area contributed by atoms with Crippen molar-refractivity contribution in [2.75, 3.05) is 11.9 Å². The Hall–Kier alpha value is -0.910. The van der Waals surface area contributed by atoms with Gasteiger partial charge in [-0.3, -0.25) is 0 Å². The number of hydrogen-bond acceptors (Lipinski definition) is 5. The number of rotatable bonds is 6. The van der Waals surface area contributed by atoms with E-state index in [1.54, 1.807) is 22.7 Å². The Bertz CT molecular complexity index is 462. The summed E-state index contributed by atoms with van der Waals surface area (Å²) < 4.78 is 0. The Morgan fingerprint density at radius 3 is 2.89 bits per heavy atom. The lowest BCUT2D eigenvalue weighted by atomic mass is 10.3. The molecule has 0 spiro atoms. The third-order valence-electron chi connectivity index (χ3n) is 2.56.